The summed E-state index contributed by atoms with van der Waals surface area (Å²) in [5, 5.41) is 0. The number of carbonyl (C=O) groups is 3. The standard InChI is InChI=1S/C15H25N3O3/c1-11(2)14(20)17-7-4-16(5-8-17)6-9-18-13(19)10-12(3)15(18)21/h11-12H,4-10H2,1-3H3. The molecule has 2 aliphatic heterocycles. The monoisotopic (exact) mass is 295 g/mol. The predicted octanol–water partition coefficient (Wildman–Crippen LogP) is 0.182. The first-order valence-corrected chi connectivity index (χ1v) is 7.75. The first-order valence-electron chi connectivity index (χ1n) is 7.75. The van der Waals surface area contributed by atoms with Gasteiger partial charge < -0.3 is 4.90 Å². The largest absolute Gasteiger partial charge is 0.340 e. The fourth-order valence-corrected chi connectivity index (χ4v) is 2.88. The van der Waals surface area contributed by atoms with Gasteiger partial charge >= 0.3 is 0 Å². The van der Waals surface area contributed by atoms with E-state index in [9.17, 15) is 14.4 Å². The van der Waals surface area contributed by atoms with Crippen molar-refractivity contribution in [2.45, 2.75) is 27.2 Å². The number of piperazine rings is 1. The van der Waals surface area contributed by atoms with Crippen molar-refractivity contribution in [2.24, 2.45) is 11.8 Å². The van der Waals surface area contributed by atoms with Crippen molar-refractivity contribution in [1.29, 1.82) is 0 Å². The summed E-state index contributed by atoms with van der Waals surface area (Å²) in [7, 11) is 0. The average molecular weight is 295 g/mol. The van der Waals surface area contributed by atoms with Gasteiger partial charge in [0.2, 0.25) is 17.7 Å². The highest BCUT2D eigenvalue weighted by atomic mass is 16.2. The molecular weight excluding hydrogens is 270 g/mol. The lowest BCUT2D eigenvalue weighted by molar-refractivity contribution is -0.139. The van der Waals surface area contributed by atoms with E-state index in [4.69, 9.17) is 0 Å². The molecule has 2 heterocycles. The second-order valence-corrected chi connectivity index (χ2v) is 6.31. The molecule has 0 aromatic rings. The molecule has 0 saturated carbocycles. The van der Waals surface area contributed by atoms with Gasteiger partial charge in [0, 0.05) is 57.5 Å². The van der Waals surface area contributed by atoms with Crippen LogP contribution in [0, 0.1) is 11.8 Å². The number of hydrogen-bond acceptors (Lipinski definition) is 4. The molecule has 21 heavy (non-hydrogen) atoms. The Hall–Kier alpha value is -1.43. The maximum absolute atomic E-state index is 11.9. The van der Waals surface area contributed by atoms with Crippen LogP contribution in [0.3, 0.4) is 0 Å². The van der Waals surface area contributed by atoms with E-state index in [0.29, 0.717) is 19.5 Å². The minimum absolute atomic E-state index is 0.0397. The quantitative estimate of drug-likeness (QED) is 0.694. The van der Waals surface area contributed by atoms with Crippen molar-refractivity contribution in [3.8, 4) is 0 Å². The van der Waals surface area contributed by atoms with Crippen LogP contribution in [0.4, 0.5) is 0 Å². The van der Waals surface area contributed by atoms with Gasteiger partial charge in [0.25, 0.3) is 0 Å². The van der Waals surface area contributed by atoms with E-state index < -0.39 is 0 Å². The first kappa shape index (κ1) is 15.9. The fourth-order valence-electron chi connectivity index (χ4n) is 2.88. The molecule has 0 aromatic carbocycles. The van der Waals surface area contributed by atoms with E-state index in [1.165, 1.54) is 4.90 Å². The highest BCUT2D eigenvalue weighted by Crippen LogP contribution is 2.18. The summed E-state index contributed by atoms with van der Waals surface area (Å²) < 4.78 is 0. The molecule has 6 heteroatoms. The molecule has 0 bridgehead atoms. The summed E-state index contributed by atoms with van der Waals surface area (Å²) in [5.41, 5.74) is 0. The molecular formula is C15H25N3O3. The molecule has 1 unspecified atom stereocenters. The predicted molar refractivity (Wildman–Crippen MR) is 78.4 cm³/mol. The van der Waals surface area contributed by atoms with E-state index in [1.807, 2.05) is 18.7 Å². The summed E-state index contributed by atoms with van der Waals surface area (Å²) in [4.78, 5) is 41.0. The summed E-state index contributed by atoms with van der Waals surface area (Å²) in [6.45, 7) is 9.89. The summed E-state index contributed by atoms with van der Waals surface area (Å²) >= 11 is 0. The van der Waals surface area contributed by atoms with Gasteiger partial charge in [-0.15, -0.1) is 0 Å². The van der Waals surface area contributed by atoms with Crippen LogP contribution in [0.1, 0.15) is 27.2 Å². The van der Waals surface area contributed by atoms with Crippen LogP contribution in [-0.4, -0.2) is 71.7 Å². The summed E-state index contributed by atoms with van der Waals surface area (Å²) in [6, 6.07) is 0. The smallest absolute Gasteiger partial charge is 0.232 e. The molecule has 6 nitrogen and oxygen atoms in total. The maximum Gasteiger partial charge on any atom is 0.232 e. The van der Waals surface area contributed by atoms with E-state index in [1.54, 1.807) is 6.92 Å². The Bertz CT molecular complexity index is 428. The molecule has 2 fully saturated rings. The van der Waals surface area contributed by atoms with E-state index in [2.05, 4.69) is 4.90 Å². The van der Waals surface area contributed by atoms with Gasteiger partial charge in [0.1, 0.15) is 0 Å². The van der Waals surface area contributed by atoms with Gasteiger partial charge in [-0.25, -0.2) is 0 Å². The zero-order valence-electron chi connectivity index (χ0n) is 13.2. The van der Waals surface area contributed by atoms with Crippen LogP contribution < -0.4 is 0 Å². The Morgan fingerprint density at radius 2 is 1.76 bits per heavy atom. The molecule has 1 atom stereocenters. The van der Waals surface area contributed by atoms with Crippen LogP contribution in [0.25, 0.3) is 0 Å². The van der Waals surface area contributed by atoms with Crippen molar-refractivity contribution >= 4 is 17.7 Å². The molecule has 0 N–H and O–H groups in total. The van der Waals surface area contributed by atoms with Crippen LogP contribution in [0.2, 0.25) is 0 Å². The van der Waals surface area contributed by atoms with Crippen LogP contribution in [0.5, 0.6) is 0 Å². The molecule has 2 saturated heterocycles. The summed E-state index contributed by atoms with van der Waals surface area (Å²) in [6.07, 6.45) is 0.343. The lowest BCUT2D eigenvalue weighted by Crippen LogP contribution is -2.51. The molecule has 2 aliphatic rings. The van der Waals surface area contributed by atoms with Gasteiger partial charge in [0.15, 0.2) is 0 Å². The van der Waals surface area contributed by atoms with Gasteiger partial charge in [-0.1, -0.05) is 20.8 Å². The highest BCUT2D eigenvalue weighted by molar-refractivity contribution is 6.03. The second-order valence-electron chi connectivity index (χ2n) is 6.31. The SMILES string of the molecule is CC(C)C(=O)N1CCN(CCN2C(=O)CC(C)C2=O)CC1. The Labute approximate surface area is 126 Å². The number of amides is 3. The second kappa shape index (κ2) is 6.56. The van der Waals surface area contributed by atoms with Gasteiger partial charge in [-0.2, -0.15) is 0 Å². The highest BCUT2D eigenvalue weighted by Gasteiger charge is 2.35. The van der Waals surface area contributed by atoms with Gasteiger partial charge in [-0.3, -0.25) is 24.2 Å². The third kappa shape index (κ3) is 3.61. The molecule has 0 radical (unpaired) electrons. The summed E-state index contributed by atoms with van der Waals surface area (Å²) in [5.74, 6) is -0.0287. The zero-order valence-corrected chi connectivity index (χ0v) is 13.2. The Balaban J connectivity index is 1.76. The minimum atomic E-state index is -0.169. The average Bonchev–Trinajstić information content (AvgIpc) is 2.70. The molecule has 0 aromatic heterocycles. The Kier molecular flexibility index (Phi) is 4.98. The number of carbonyl (C=O) groups excluding carboxylic acids is 3. The van der Waals surface area contributed by atoms with E-state index in [0.717, 1.165) is 26.2 Å². The first-order chi connectivity index (χ1) is 9.90. The lowest BCUT2D eigenvalue weighted by atomic mass is 10.1. The number of hydrogen-bond donors (Lipinski definition) is 0. The third-order valence-corrected chi connectivity index (χ3v) is 4.29. The van der Waals surface area contributed by atoms with Crippen LogP contribution >= 0.6 is 0 Å². The number of likely N-dealkylation sites (tertiary alicyclic amines) is 1. The van der Waals surface area contributed by atoms with Crippen molar-refractivity contribution in [3.63, 3.8) is 0 Å². The fraction of sp³-hybridized carbons (Fsp3) is 0.800. The Morgan fingerprint density at radius 3 is 2.24 bits per heavy atom. The van der Waals surface area contributed by atoms with Crippen LogP contribution in [0.15, 0.2) is 0 Å². The Morgan fingerprint density at radius 1 is 1.14 bits per heavy atom. The van der Waals surface area contributed by atoms with E-state index in [-0.39, 0.29) is 29.6 Å². The number of imide groups is 1. The molecule has 3 amide bonds. The topological polar surface area (TPSA) is 60.9 Å². The van der Waals surface area contributed by atoms with Crippen molar-refractivity contribution in [3.05, 3.63) is 0 Å². The van der Waals surface area contributed by atoms with Gasteiger partial charge in [0.05, 0.1) is 0 Å². The van der Waals surface area contributed by atoms with Gasteiger partial charge in [-0.05, 0) is 0 Å². The maximum atomic E-state index is 11.9. The van der Waals surface area contributed by atoms with Crippen LogP contribution in [-0.2, 0) is 14.4 Å². The molecule has 0 aliphatic carbocycles. The minimum Gasteiger partial charge on any atom is -0.340 e. The number of rotatable bonds is 4. The van der Waals surface area contributed by atoms with E-state index >= 15 is 0 Å². The third-order valence-electron chi connectivity index (χ3n) is 4.29. The molecule has 118 valence electrons. The van der Waals surface area contributed by atoms with Crippen molar-refractivity contribution in [2.75, 3.05) is 39.3 Å². The number of nitrogens with zero attached hydrogens (tertiary/aromatic N) is 3. The van der Waals surface area contributed by atoms with Crippen molar-refractivity contribution < 1.29 is 14.4 Å². The molecule has 2 rings (SSSR count). The molecule has 0 spiro atoms. The normalized spacial score (nSPS) is 24.3. The zero-order chi connectivity index (χ0) is 15.6. The lowest BCUT2D eigenvalue weighted by Gasteiger charge is -2.36. The van der Waals surface area contributed by atoms with Crippen molar-refractivity contribution in [1.82, 2.24) is 14.7 Å².